The molecule has 1 aliphatic rings. The van der Waals surface area contributed by atoms with Gasteiger partial charge >= 0.3 is 0 Å². The Morgan fingerprint density at radius 3 is 2.69 bits per heavy atom. The third kappa shape index (κ3) is 2.25. The maximum absolute atomic E-state index is 9.48. The number of benzene rings is 1. The Hall–Kier alpha value is -0.540. The van der Waals surface area contributed by atoms with E-state index in [1.807, 2.05) is 12.1 Å². The van der Waals surface area contributed by atoms with Gasteiger partial charge < -0.3 is 9.84 Å². The fraction of sp³-hybridized carbons (Fsp3) is 0.538. The van der Waals surface area contributed by atoms with Gasteiger partial charge in [-0.1, -0.05) is 22.4 Å². The molecule has 0 spiro atoms. The molecule has 0 bridgehead atoms. The second kappa shape index (κ2) is 4.76. The van der Waals surface area contributed by atoms with Crippen molar-refractivity contribution < 1.29 is 9.84 Å². The summed E-state index contributed by atoms with van der Waals surface area (Å²) in [6.07, 6.45) is 4.39. The van der Waals surface area contributed by atoms with E-state index in [0.717, 1.165) is 29.5 Å². The summed E-state index contributed by atoms with van der Waals surface area (Å²) < 4.78 is 6.42. The highest BCUT2D eigenvalue weighted by Crippen LogP contribution is 2.44. The van der Waals surface area contributed by atoms with E-state index in [2.05, 4.69) is 22.0 Å². The number of ether oxygens (including phenoxy) is 1. The molecule has 0 radical (unpaired) electrons. The summed E-state index contributed by atoms with van der Waals surface area (Å²) in [6, 6.07) is 6.05. The van der Waals surface area contributed by atoms with Crippen LogP contribution >= 0.6 is 15.9 Å². The summed E-state index contributed by atoms with van der Waals surface area (Å²) >= 11 is 3.48. The van der Waals surface area contributed by atoms with Crippen molar-refractivity contribution >= 4 is 15.9 Å². The molecule has 88 valence electrons. The van der Waals surface area contributed by atoms with Crippen LogP contribution in [0.1, 0.15) is 24.8 Å². The second-order valence-electron chi connectivity index (χ2n) is 4.64. The van der Waals surface area contributed by atoms with Gasteiger partial charge in [0.15, 0.2) is 0 Å². The molecule has 0 atom stereocenters. The van der Waals surface area contributed by atoms with Crippen molar-refractivity contribution in [3.63, 3.8) is 0 Å². The summed E-state index contributed by atoms with van der Waals surface area (Å²) in [7, 11) is 1.69. The minimum absolute atomic E-state index is 0.105. The molecule has 0 amide bonds. The Morgan fingerprint density at radius 2 is 2.19 bits per heavy atom. The Balaban J connectivity index is 2.22. The van der Waals surface area contributed by atoms with E-state index in [4.69, 9.17) is 4.74 Å². The van der Waals surface area contributed by atoms with E-state index in [1.54, 1.807) is 7.11 Å². The molecule has 1 saturated carbocycles. The Morgan fingerprint density at radius 1 is 1.44 bits per heavy atom. The van der Waals surface area contributed by atoms with Crippen LogP contribution in [0, 0.1) is 5.41 Å². The van der Waals surface area contributed by atoms with E-state index in [0.29, 0.717) is 0 Å². The summed E-state index contributed by atoms with van der Waals surface area (Å²) in [5, 5.41) is 9.48. The highest BCUT2D eigenvalue weighted by Gasteiger charge is 2.36. The number of hydrogen-bond donors (Lipinski definition) is 1. The minimum Gasteiger partial charge on any atom is -0.496 e. The number of aliphatic hydroxyl groups is 1. The SMILES string of the molecule is COc1ccc(Br)cc1CC1(CO)CCC1. The molecule has 0 heterocycles. The monoisotopic (exact) mass is 284 g/mol. The number of halogens is 1. The third-order valence-electron chi connectivity index (χ3n) is 3.56. The number of hydrogen-bond acceptors (Lipinski definition) is 2. The van der Waals surface area contributed by atoms with Crippen LogP contribution in [0.3, 0.4) is 0 Å². The van der Waals surface area contributed by atoms with E-state index >= 15 is 0 Å². The van der Waals surface area contributed by atoms with Crippen molar-refractivity contribution in [1.29, 1.82) is 0 Å². The van der Waals surface area contributed by atoms with E-state index in [9.17, 15) is 5.11 Å². The largest absolute Gasteiger partial charge is 0.496 e. The van der Waals surface area contributed by atoms with Gasteiger partial charge in [0.1, 0.15) is 5.75 Å². The maximum atomic E-state index is 9.48. The Bertz CT molecular complexity index is 367. The molecule has 3 heteroatoms. The Kier molecular flexibility index (Phi) is 3.55. The second-order valence-corrected chi connectivity index (χ2v) is 5.56. The molecule has 0 aliphatic heterocycles. The van der Waals surface area contributed by atoms with Gasteiger partial charge in [-0.3, -0.25) is 0 Å². The van der Waals surface area contributed by atoms with Gasteiger partial charge in [0.25, 0.3) is 0 Å². The van der Waals surface area contributed by atoms with Crippen LogP contribution in [-0.4, -0.2) is 18.8 Å². The van der Waals surface area contributed by atoms with E-state index < -0.39 is 0 Å². The van der Waals surface area contributed by atoms with Gasteiger partial charge in [-0.05, 0) is 48.4 Å². The van der Waals surface area contributed by atoms with E-state index in [1.165, 1.54) is 12.0 Å². The quantitative estimate of drug-likeness (QED) is 0.920. The lowest BCUT2D eigenvalue weighted by Crippen LogP contribution is -2.35. The smallest absolute Gasteiger partial charge is 0.122 e. The third-order valence-corrected chi connectivity index (χ3v) is 4.05. The average Bonchev–Trinajstić information content (AvgIpc) is 2.24. The fourth-order valence-corrected chi connectivity index (χ4v) is 2.77. The zero-order chi connectivity index (χ0) is 11.6. The summed E-state index contributed by atoms with van der Waals surface area (Å²) in [6.45, 7) is 0.280. The van der Waals surface area contributed by atoms with Crippen molar-refractivity contribution in [1.82, 2.24) is 0 Å². The lowest BCUT2D eigenvalue weighted by atomic mass is 9.66. The van der Waals surface area contributed by atoms with Crippen LogP contribution in [0.2, 0.25) is 0 Å². The molecule has 2 rings (SSSR count). The molecular formula is C13H17BrO2. The maximum Gasteiger partial charge on any atom is 0.122 e. The van der Waals surface area contributed by atoms with Crippen molar-refractivity contribution in [2.24, 2.45) is 5.41 Å². The molecule has 0 saturated heterocycles. The van der Waals surface area contributed by atoms with Gasteiger partial charge in [0, 0.05) is 11.1 Å². The van der Waals surface area contributed by atoms with Crippen LogP contribution in [0.25, 0.3) is 0 Å². The van der Waals surface area contributed by atoms with Gasteiger partial charge in [-0.25, -0.2) is 0 Å². The summed E-state index contributed by atoms with van der Waals surface area (Å²) in [5.41, 5.74) is 1.29. The van der Waals surface area contributed by atoms with Gasteiger partial charge in [0.2, 0.25) is 0 Å². The summed E-state index contributed by atoms with van der Waals surface area (Å²) in [4.78, 5) is 0. The highest BCUT2D eigenvalue weighted by atomic mass is 79.9. The molecule has 1 N–H and O–H groups in total. The van der Waals surface area contributed by atoms with Crippen molar-refractivity contribution in [2.75, 3.05) is 13.7 Å². The van der Waals surface area contributed by atoms with E-state index in [-0.39, 0.29) is 12.0 Å². The molecule has 1 fully saturated rings. The molecule has 1 aromatic carbocycles. The molecule has 16 heavy (non-hydrogen) atoms. The number of methoxy groups -OCH3 is 1. The van der Waals surface area contributed by atoms with Crippen molar-refractivity contribution in [3.05, 3.63) is 28.2 Å². The van der Waals surface area contributed by atoms with Crippen LogP contribution in [0.4, 0.5) is 0 Å². The molecule has 1 aromatic rings. The standard InChI is InChI=1S/C13H17BrO2/c1-16-12-4-3-11(14)7-10(12)8-13(9-15)5-2-6-13/h3-4,7,15H,2,5-6,8-9H2,1H3. The lowest BCUT2D eigenvalue weighted by molar-refractivity contribution is 0.0445. The molecule has 1 aliphatic carbocycles. The predicted octanol–water partition coefficient (Wildman–Crippen LogP) is 3.16. The van der Waals surface area contributed by atoms with Crippen LogP contribution < -0.4 is 4.74 Å². The average molecular weight is 285 g/mol. The van der Waals surface area contributed by atoms with Crippen LogP contribution in [0.5, 0.6) is 5.75 Å². The van der Waals surface area contributed by atoms with Gasteiger partial charge in [-0.2, -0.15) is 0 Å². The van der Waals surface area contributed by atoms with Gasteiger partial charge in [0.05, 0.1) is 7.11 Å². The minimum atomic E-state index is 0.105. The normalized spacial score (nSPS) is 17.9. The van der Waals surface area contributed by atoms with Crippen LogP contribution in [-0.2, 0) is 6.42 Å². The molecule has 0 unspecified atom stereocenters. The van der Waals surface area contributed by atoms with Gasteiger partial charge in [-0.15, -0.1) is 0 Å². The molecular weight excluding hydrogens is 268 g/mol. The first-order valence-corrected chi connectivity index (χ1v) is 6.42. The zero-order valence-corrected chi connectivity index (χ0v) is 11.1. The first-order chi connectivity index (χ1) is 7.69. The highest BCUT2D eigenvalue weighted by molar-refractivity contribution is 9.10. The Labute approximate surface area is 105 Å². The summed E-state index contributed by atoms with van der Waals surface area (Å²) in [5.74, 6) is 0.919. The van der Waals surface area contributed by atoms with Crippen molar-refractivity contribution in [2.45, 2.75) is 25.7 Å². The predicted molar refractivity (Wildman–Crippen MR) is 67.8 cm³/mol. The fourth-order valence-electron chi connectivity index (χ4n) is 2.36. The first kappa shape index (κ1) is 11.9. The number of aliphatic hydroxyl groups excluding tert-OH is 1. The topological polar surface area (TPSA) is 29.5 Å². The molecule has 0 aromatic heterocycles. The zero-order valence-electron chi connectivity index (χ0n) is 9.50. The van der Waals surface area contributed by atoms with Crippen molar-refractivity contribution in [3.8, 4) is 5.75 Å². The lowest BCUT2D eigenvalue weighted by Gasteiger charge is -2.40. The molecule has 2 nitrogen and oxygen atoms in total. The number of rotatable bonds is 4. The van der Waals surface area contributed by atoms with Crippen LogP contribution in [0.15, 0.2) is 22.7 Å². The first-order valence-electron chi connectivity index (χ1n) is 5.62.